The van der Waals surface area contributed by atoms with Gasteiger partial charge in [-0.05, 0) is 18.6 Å². The molecule has 1 atom stereocenters. The van der Waals surface area contributed by atoms with Crippen LogP contribution in [0, 0.1) is 6.92 Å². The maximum atomic E-state index is 11.9. The number of carbonyl (C=O) groups excluding carboxylic acids is 1. The van der Waals surface area contributed by atoms with Gasteiger partial charge in [-0.2, -0.15) is 0 Å². The fourth-order valence-electron chi connectivity index (χ4n) is 1.27. The van der Waals surface area contributed by atoms with Crippen LogP contribution in [-0.4, -0.2) is 29.0 Å². The smallest absolute Gasteiger partial charge is 0.233 e. The summed E-state index contributed by atoms with van der Waals surface area (Å²) in [6.45, 7) is 2.69. The maximum absolute atomic E-state index is 11.9. The van der Waals surface area contributed by atoms with E-state index < -0.39 is 10.8 Å². The van der Waals surface area contributed by atoms with Crippen molar-refractivity contribution in [3.05, 3.63) is 29.8 Å². The number of hydrogen-bond donors (Lipinski definition) is 2. The van der Waals surface area contributed by atoms with Gasteiger partial charge in [-0.25, -0.2) is 0 Å². The highest BCUT2D eigenvalue weighted by molar-refractivity contribution is 7.85. The van der Waals surface area contributed by atoms with Crippen LogP contribution in [0.15, 0.2) is 29.2 Å². The lowest BCUT2D eigenvalue weighted by molar-refractivity contribution is -0.118. The Kier molecular flexibility index (Phi) is 5.14. The second-order valence-corrected chi connectivity index (χ2v) is 4.81. The summed E-state index contributed by atoms with van der Waals surface area (Å²) in [6.07, 6.45) is 0. The molecule has 0 radical (unpaired) electrons. The van der Waals surface area contributed by atoms with Gasteiger partial charge in [0, 0.05) is 18.0 Å². The average Bonchev–Trinajstić information content (AvgIpc) is 2.26. The van der Waals surface area contributed by atoms with Crippen LogP contribution in [0.25, 0.3) is 0 Å². The first-order valence-corrected chi connectivity index (χ1v) is 6.38. The van der Waals surface area contributed by atoms with Crippen LogP contribution in [0.5, 0.6) is 0 Å². The summed E-state index contributed by atoms with van der Waals surface area (Å²) >= 11 is 0. The monoisotopic (exact) mass is 240 g/mol. The molecule has 88 valence electrons. The van der Waals surface area contributed by atoms with Crippen LogP contribution < -0.4 is 11.1 Å². The molecule has 0 aliphatic carbocycles. The minimum absolute atomic E-state index is 0.00907. The van der Waals surface area contributed by atoms with E-state index in [1.165, 1.54) is 0 Å². The molecule has 0 spiro atoms. The lowest BCUT2D eigenvalue weighted by atomic mass is 10.2. The number of amides is 1. The summed E-state index contributed by atoms with van der Waals surface area (Å²) in [5, 5.41) is 2.60. The summed E-state index contributed by atoms with van der Waals surface area (Å²) in [7, 11) is -1.28. The van der Waals surface area contributed by atoms with Gasteiger partial charge in [0.05, 0.1) is 10.8 Å². The summed E-state index contributed by atoms with van der Waals surface area (Å²) in [6, 6.07) is 7.36. The molecule has 0 heterocycles. The topological polar surface area (TPSA) is 72.2 Å². The van der Waals surface area contributed by atoms with E-state index in [0.29, 0.717) is 18.0 Å². The Hall–Kier alpha value is -1.20. The largest absolute Gasteiger partial charge is 0.354 e. The van der Waals surface area contributed by atoms with E-state index in [0.717, 1.165) is 5.56 Å². The lowest BCUT2D eigenvalue weighted by Gasteiger charge is -2.06. The van der Waals surface area contributed by atoms with Crippen molar-refractivity contribution in [1.82, 2.24) is 5.32 Å². The Bertz CT molecular complexity index is 393. The predicted octanol–water partition coefficient (Wildman–Crippen LogP) is 0.178. The summed E-state index contributed by atoms with van der Waals surface area (Å²) < 4.78 is 11.9. The zero-order valence-corrected chi connectivity index (χ0v) is 10.0. The zero-order valence-electron chi connectivity index (χ0n) is 9.23. The molecule has 3 N–H and O–H groups in total. The maximum Gasteiger partial charge on any atom is 0.233 e. The van der Waals surface area contributed by atoms with E-state index in [-0.39, 0.29) is 11.7 Å². The van der Waals surface area contributed by atoms with Gasteiger partial charge in [0.15, 0.2) is 0 Å². The minimum Gasteiger partial charge on any atom is -0.354 e. The van der Waals surface area contributed by atoms with Crippen molar-refractivity contribution in [2.24, 2.45) is 5.73 Å². The highest BCUT2D eigenvalue weighted by atomic mass is 32.2. The Labute approximate surface area is 97.7 Å². The molecule has 0 saturated carbocycles. The van der Waals surface area contributed by atoms with E-state index >= 15 is 0 Å². The fourth-order valence-corrected chi connectivity index (χ4v) is 2.42. The van der Waals surface area contributed by atoms with Gasteiger partial charge in [0.1, 0.15) is 5.75 Å². The van der Waals surface area contributed by atoms with Gasteiger partial charge in [-0.15, -0.1) is 0 Å². The Balaban J connectivity index is 2.59. The van der Waals surface area contributed by atoms with Crippen LogP contribution in [0.1, 0.15) is 5.56 Å². The van der Waals surface area contributed by atoms with Crippen LogP contribution in [0.2, 0.25) is 0 Å². The Morgan fingerprint density at radius 1 is 1.44 bits per heavy atom. The third kappa shape index (κ3) is 3.75. The lowest BCUT2D eigenvalue weighted by Crippen LogP contribution is -2.32. The second-order valence-electron chi connectivity index (χ2n) is 3.39. The van der Waals surface area contributed by atoms with Crippen molar-refractivity contribution in [1.29, 1.82) is 0 Å². The molecule has 0 saturated heterocycles. The molecular formula is C11H16N2O2S. The van der Waals surface area contributed by atoms with Gasteiger partial charge in [0.2, 0.25) is 5.91 Å². The van der Waals surface area contributed by atoms with Gasteiger partial charge >= 0.3 is 0 Å². The highest BCUT2D eigenvalue weighted by Crippen LogP contribution is 2.11. The van der Waals surface area contributed by atoms with E-state index in [9.17, 15) is 9.00 Å². The van der Waals surface area contributed by atoms with Crippen molar-refractivity contribution in [3.8, 4) is 0 Å². The number of nitrogens with one attached hydrogen (secondary N) is 1. The predicted molar refractivity (Wildman–Crippen MR) is 64.5 cm³/mol. The van der Waals surface area contributed by atoms with Crippen LogP contribution in [0.3, 0.4) is 0 Å². The van der Waals surface area contributed by atoms with Crippen molar-refractivity contribution >= 4 is 16.7 Å². The van der Waals surface area contributed by atoms with Gasteiger partial charge < -0.3 is 11.1 Å². The molecule has 1 aromatic rings. The van der Waals surface area contributed by atoms with Gasteiger partial charge in [-0.3, -0.25) is 9.00 Å². The fraction of sp³-hybridized carbons (Fsp3) is 0.364. The van der Waals surface area contributed by atoms with E-state index in [1.54, 1.807) is 6.07 Å². The molecule has 1 aromatic carbocycles. The molecule has 0 bridgehead atoms. The number of nitrogens with two attached hydrogens (primary N) is 1. The van der Waals surface area contributed by atoms with Crippen LogP contribution in [-0.2, 0) is 15.6 Å². The molecule has 0 aliphatic heterocycles. The Morgan fingerprint density at radius 3 is 2.75 bits per heavy atom. The zero-order chi connectivity index (χ0) is 12.0. The third-order valence-electron chi connectivity index (χ3n) is 2.07. The summed E-state index contributed by atoms with van der Waals surface area (Å²) in [4.78, 5) is 12.1. The molecule has 0 fully saturated rings. The molecule has 5 heteroatoms. The number of rotatable bonds is 5. The standard InChI is InChI=1S/C11H16N2O2S/c1-9-4-2-3-5-10(9)16(15)8-11(14)13-7-6-12/h2-5H,6-8,12H2,1H3,(H,13,14). The number of hydrogen-bond acceptors (Lipinski definition) is 3. The number of benzene rings is 1. The molecule has 16 heavy (non-hydrogen) atoms. The second kappa shape index (κ2) is 6.40. The van der Waals surface area contributed by atoms with Crippen molar-refractivity contribution in [2.45, 2.75) is 11.8 Å². The SMILES string of the molecule is Cc1ccccc1S(=O)CC(=O)NCCN. The molecular weight excluding hydrogens is 224 g/mol. The molecule has 0 aromatic heterocycles. The third-order valence-corrected chi connectivity index (χ3v) is 3.54. The number of aryl methyl sites for hydroxylation is 1. The molecule has 1 unspecified atom stereocenters. The molecule has 0 aliphatic rings. The molecule has 1 rings (SSSR count). The quantitative estimate of drug-likeness (QED) is 0.771. The van der Waals surface area contributed by atoms with Gasteiger partial charge in [-0.1, -0.05) is 18.2 Å². The first kappa shape index (κ1) is 12.9. The van der Waals surface area contributed by atoms with Crippen LogP contribution >= 0.6 is 0 Å². The number of carbonyl (C=O) groups is 1. The van der Waals surface area contributed by atoms with Crippen LogP contribution in [0.4, 0.5) is 0 Å². The van der Waals surface area contributed by atoms with Crippen molar-refractivity contribution in [3.63, 3.8) is 0 Å². The molecule has 4 nitrogen and oxygen atoms in total. The van der Waals surface area contributed by atoms with Crippen molar-refractivity contribution < 1.29 is 9.00 Å². The van der Waals surface area contributed by atoms with Crippen molar-refractivity contribution in [2.75, 3.05) is 18.8 Å². The normalized spacial score (nSPS) is 12.1. The Morgan fingerprint density at radius 2 is 2.12 bits per heavy atom. The average molecular weight is 240 g/mol. The highest BCUT2D eigenvalue weighted by Gasteiger charge is 2.11. The first-order chi connectivity index (χ1) is 7.65. The molecule has 1 amide bonds. The van der Waals surface area contributed by atoms with E-state index in [1.807, 2.05) is 25.1 Å². The van der Waals surface area contributed by atoms with Gasteiger partial charge in [0.25, 0.3) is 0 Å². The minimum atomic E-state index is -1.28. The summed E-state index contributed by atoms with van der Waals surface area (Å²) in [5.74, 6) is -0.239. The summed E-state index contributed by atoms with van der Waals surface area (Å²) in [5.41, 5.74) is 6.19. The van der Waals surface area contributed by atoms with E-state index in [4.69, 9.17) is 5.73 Å². The first-order valence-electron chi connectivity index (χ1n) is 5.06. The van der Waals surface area contributed by atoms with E-state index in [2.05, 4.69) is 5.32 Å².